The van der Waals surface area contributed by atoms with Crippen molar-refractivity contribution in [1.82, 2.24) is 0 Å². The third-order valence-electron chi connectivity index (χ3n) is 4.06. The highest BCUT2D eigenvalue weighted by molar-refractivity contribution is 7.99. The molecule has 0 saturated heterocycles. The fourth-order valence-electron chi connectivity index (χ4n) is 2.79. The first-order valence-electron chi connectivity index (χ1n) is 8.64. The van der Waals surface area contributed by atoms with Crippen LogP contribution in [0.25, 0.3) is 0 Å². The molecule has 6 nitrogen and oxygen atoms in total. The van der Waals surface area contributed by atoms with Gasteiger partial charge >= 0.3 is 5.97 Å². The number of esters is 1. The Morgan fingerprint density at radius 2 is 1.96 bits per heavy atom. The Morgan fingerprint density at radius 1 is 1.15 bits per heavy atom. The molecule has 0 N–H and O–H groups in total. The van der Waals surface area contributed by atoms with Crippen molar-refractivity contribution in [3.8, 4) is 11.5 Å². The maximum atomic E-state index is 12.6. The first-order chi connectivity index (χ1) is 13.1. The molecule has 1 heterocycles. The lowest BCUT2D eigenvalue weighted by atomic mass is 10.2. The number of hydrogen-bond donors (Lipinski definition) is 0. The minimum absolute atomic E-state index is 0.242. The van der Waals surface area contributed by atoms with Gasteiger partial charge in [0.25, 0.3) is 5.91 Å². The van der Waals surface area contributed by atoms with Crippen molar-refractivity contribution in [3.63, 3.8) is 0 Å². The summed E-state index contributed by atoms with van der Waals surface area (Å²) >= 11 is 1.71. The van der Waals surface area contributed by atoms with Crippen LogP contribution in [0.4, 0.5) is 5.69 Å². The number of carbonyl (C=O) groups excluding carboxylic acids is 2. The molecule has 0 atom stereocenters. The lowest BCUT2D eigenvalue weighted by Gasteiger charge is -2.28. The molecule has 0 unspecified atom stereocenters. The quantitative estimate of drug-likeness (QED) is 0.708. The molecule has 0 spiro atoms. The van der Waals surface area contributed by atoms with Gasteiger partial charge in [0.1, 0.15) is 0 Å². The number of anilines is 1. The molecule has 2 aromatic rings. The lowest BCUT2D eigenvalue weighted by molar-refractivity contribution is -0.121. The number of hydrogen-bond acceptors (Lipinski definition) is 6. The van der Waals surface area contributed by atoms with Gasteiger partial charge in [-0.25, -0.2) is 4.79 Å². The number of carbonyl (C=O) groups is 2. The molecule has 1 amide bonds. The average Bonchev–Trinajstić information content (AvgIpc) is 2.71. The summed E-state index contributed by atoms with van der Waals surface area (Å²) in [6, 6.07) is 12.5. The normalized spacial score (nSPS) is 12.9. The summed E-state index contributed by atoms with van der Waals surface area (Å²) in [7, 11) is 1.50. The predicted octanol–water partition coefficient (Wildman–Crippen LogP) is 3.39. The van der Waals surface area contributed by atoms with Crippen LogP contribution in [-0.4, -0.2) is 44.5 Å². The zero-order valence-electron chi connectivity index (χ0n) is 15.3. The van der Waals surface area contributed by atoms with Crippen LogP contribution in [0.5, 0.6) is 11.5 Å². The number of thioether (sulfide) groups is 1. The van der Waals surface area contributed by atoms with Crippen molar-refractivity contribution < 1.29 is 23.8 Å². The van der Waals surface area contributed by atoms with Gasteiger partial charge in [0.05, 0.1) is 25.0 Å². The van der Waals surface area contributed by atoms with Gasteiger partial charge in [0, 0.05) is 17.2 Å². The summed E-state index contributed by atoms with van der Waals surface area (Å²) in [5.74, 6) is 0.986. The number of benzene rings is 2. The fourth-order valence-corrected chi connectivity index (χ4v) is 3.78. The highest BCUT2D eigenvalue weighted by Gasteiger charge is 2.24. The molecular weight excluding hydrogens is 366 g/mol. The standard InChI is InChI=1S/C20H21NO5S/c1-3-25-16-9-8-14(12-17(16)24-2)20(23)26-13-19(22)21-10-11-27-18-7-5-4-6-15(18)21/h4-9,12H,3,10-11,13H2,1-2H3. The number of rotatable bonds is 6. The SMILES string of the molecule is CCOc1ccc(C(=O)OCC(=O)N2CCSc3ccccc32)cc1OC. The second-order valence-electron chi connectivity index (χ2n) is 5.74. The van der Waals surface area contributed by atoms with Crippen LogP contribution in [0.1, 0.15) is 17.3 Å². The van der Waals surface area contributed by atoms with Crippen molar-refractivity contribution in [3.05, 3.63) is 48.0 Å². The first kappa shape index (κ1) is 19.1. The maximum absolute atomic E-state index is 12.6. The Morgan fingerprint density at radius 3 is 2.74 bits per heavy atom. The van der Waals surface area contributed by atoms with Gasteiger partial charge in [-0.2, -0.15) is 0 Å². The van der Waals surface area contributed by atoms with Gasteiger partial charge in [-0.05, 0) is 37.3 Å². The van der Waals surface area contributed by atoms with Crippen LogP contribution >= 0.6 is 11.8 Å². The molecule has 0 bridgehead atoms. The van der Waals surface area contributed by atoms with Crippen LogP contribution in [0.2, 0.25) is 0 Å². The molecule has 0 aliphatic carbocycles. The molecule has 0 saturated carbocycles. The minimum Gasteiger partial charge on any atom is -0.493 e. The van der Waals surface area contributed by atoms with E-state index in [0.717, 1.165) is 16.3 Å². The Kier molecular flexibility index (Phi) is 6.24. The van der Waals surface area contributed by atoms with Crippen LogP contribution in [0, 0.1) is 0 Å². The van der Waals surface area contributed by atoms with E-state index < -0.39 is 5.97 Å². The summed E-state index contributed by atoms with van der Waals surface area (Å²) < 4.78 is 15.9. The van der Waals surface area contributed by atoms with Gasteiger partial charge in [-0.3, -0.25) is 4.79 Å². The summed E-state index contributed by atoms with van der Waals surface area (Å²) in [5, 5.41) is 0. The van der Waals surface area contributed by atoms with Crippen molar-refractivity contribution in [2.45, 2.75) is 11.8 Å². The van der Waals surface area contributed by atoms with Gasteiger partial charge in [0.15, 0.2) is 18.1 Å². The van der Waals surface area contributed by atoms with E-state index in [2.05, 4.69) is 0 Å². The van der Waals surface area contributed by atoms with Gasteiger partial charge in [-0.1, -0.05) is 12.1 Å². The summed E-state index contributed by atoms with van der Waals surface area (Å²) in [6.07, 6.45) is 0. The number of ether oxygens (including phenoxy) is 3. The van der Waals surface area contributed by atoms with E-state index in [-0.39, 0.29) is 12.5 Å². The third kappa shape index (κ3) is 4.36. The van der Waals surface area contributed by atoms with Crippen molar-refractivity contribution in [2.75, 3.05) is 37.5 Å². The zero-order chi connectivity index (χ0) is 19.2. The van der Waals surface area contributed by atoms with Crippen molar-refractivity contribution in [2.24, 2.45) is 0 Å². The first-order valence-corrected chi connectivity index (χ1v) is 9.62. The molecule has 0 fully saturated rings. The van der Waals surface area contributed by atoms with Gasteiger partial charge in [-0.15, -0.1) is 11.8 Å². The van der Waals surface area contributed by atoms with Crippen LogP contribution in [-0.2, 0) is 9.53 Å². The van der Waals surface area contributed by atoms with Crippen LogP contribution < -0.4 is 14.4 Å². The Hall–Kier alpha value is -2.67. The largest absolute Gasteiger partial charge is 0.493 e. The minimum atomic E-state index is -0.579. The molecule has 1 aliphatic rings. The van der Waals surface area contributed by atoms with E-state index in [9.17, 15) is 9.59 Å². The van der Waals surface area contributed by atoms with Crippen LogP contribution in [0.15, 0.2) is 47.4 Å². The van der Waals surface area contributed by atoms with E-state index in [4.69, 9.17) is 14.2 Å². The van der Waals surface area contributed by atoms with Crippen molar-refractivity contribution in [1.29, 1.82) is 0 Å². The fraction of sp³-hybridized carbons (Fsp3) is 0.300. The molecule has 2 aromatic carbocycles. The number of nitrogens with zero attached hydrogens (tertiary/aromatic N) is 1. The van der Waals surface area contributed by atoms with E-state index >= 15 is 0 Å². The molecule has 7 heteroatoms. The van der Waals surface area contributed by atoms with Crippen LogP contribution in [0.3, 0.4) is 0 Å². The smallest absolute Gasteiger partial charge is 0.338 e. The number of methoxy groups -OCH3 is 1. The topological polar surface area (TPSA) is 65.1 Å². The highest BCUT2D eigenvalue weighted by Crippen LogP contribution is 2.34. The third-order valence-corrected chi connectivity index (χ3v) is 5.10. The summed E-state index contributed by atoms with van der Waals surface area (Å²) in [6.45, 7) is 2.64. The number of amides is 1. The monoisotopic (exact) mass is 387 g/mol. The molecule has 142 valence electrons. The van der Waals surface area contributed by atoms with E-state index in [1.54, 1.807) is 34.9 Å². The Labute approximate surface area is 162 Å². The van der Waals surface area contributed by atoms with E-state index in [1.807, 2.05) is 31.2 Å². The Balaban J connectivity index is 1.65. The predicted molar refractivity (Wildman–Crippen MR) is 104 cm³/mol. The maximum Gasteiger partial charge on any atom is 0.338 e. The van der Waals surface area contributed by atoms with Gasteiger partial charge < -0.3 is 19.1 Å². The van der Waals surface area contributed by atoms with Gasteiger partial charge in [0.2, 0.25) is 0 Å². The van der Waals surface area contributed by atoms with E-state index in [0.29, 0.717) is 30.2 Å². The number of para-hydroxylation sites is 1. The average molecular weight is 387 g/mol. The zero-order valence-corrected chi connectivity index (χ0v) is 16.1. The summed E-state index contributed by atoms with van der Waals surface area (Å²) in [5.41, 5.74) is 1.16. The number of fused-ring (bicyclic) bond motifs is 1. The molecule has 0 aromatic heterocycles. The molecule has 3 rings (SSSR count). The molecule has 27 heavy (non-hydrogen) atoms. The molecule has 0 radical (unpaired) electrons. The Bertz CT molecular complexity index is 839. The second-order valence-corrected chi connectivity index (χ2v) is 6.87. The second kappa shape index (κ2) is 8.81. The summed E-state index contributed by atoms with van der Waals surface area (Å²) in [4.78, 5) is 27.6. The molecule has 1 aliphatic heterocycles. The van der Waals surface area contributed by atoms with E-state index in [1.165, 1.54) is 7.11 Å². The van der Waals surface area contributed by atoms with Crippen molar-refractivity contribution >= 4 is 29.3 Å². The lowest BCUT2D eigenvalue weighted by Crippen LogP contribution is -2.38. The highest BCUT2D eigenvalue weighted by atomic mass is 32.2. The molecular formula is C20H21NO5S.